The Kier molecular flexibility index (Phi) is 4.81. The van der Waals surface area contributed by atoms with Gasteiger partial charge >= 0.3 is 0 Å². The van der Waals surface area contributed by atoms with Crippen LogP contribution in [-0.2, 0) is 16.0 Å². The topological polar surface area (TPSA) is 76.7 Å². The molecule has 1 heterocycles. The lowest BCUT2D eigenvalue weighted by Crippen LogP contribution is -2.31. The largest absolute Gasteiger partial charge is 0.495 e. The fourth-order valence-corrected chi connectivity index (χ4v) is 2.85. The fraction of sp³-hybridized carbons (Fsp3) is 0.222. The molecule has 2 amide bonds. The SMILES string of the molecule is COc1ccc(NC(=O)C2Cc3cc(Cl)ccc3O2)cc1NC(C)=O. The predicted octanol–water partition coefficient (Wildman–Crippen LogP) is 3.25. The Labute approximate surface area is 150 Å². The van der Waals surface area contributed by atoms with Crippen molar-refractivity contribution >= 4 is 34.8 Å². The number of hydrogen-bond donors (Lipinski definition) is 2. The second-order valence-corrected chi connectivity index (χ2v) is 6.08. The Balaban J connectivity index is 1.72. The highest BCUT2D eigenvalue weighted by Gasteiger charge is 2.29. The van der Waals surface area contributed by atoms with Crippen LogP contribution in [0.1, 0.15) is 12.5 Å². The molecule has 3 rings (SSSR count). The Hall–Kier alpha value is -2.73. The molecular weight excluding hydrogens is 344 g/mol. The van der Waals surface area contributed by atoms with Crippen molar-refractivity contribution in [2.45, 2.75) is 19.4 Å². The molecule has 6 nitrogen and oxygen atoms in total. The predicted molar refractivity (Wildman–Crippen MR) is 95.5 cm³/mol. The van der Waals surface area contributed by atoms with Gasteiger partial charge in [0.25, 0.3) is 5.91 Å². The highest BCUT2D eigenvalue weighted by molar-refractivity contribution is 6.30. The van der Waals surface area contributed by atoms with E-state index in [0.29, 0.717) is 34.3 Å². The van der Waals surface area contributed by atoms with E-state index in [1.165, 1.54) is 14.0 Å². The lowest BCUT2D eigenvalue weighted by molar-refractivity contribution is -0.122. The molecule has 1 unspecified atom stereocenters. The molecule has 1 aliphatic heterocycles. The number of carbonyl (C=O) groups excluding carboxylic acids is 2. The van der Waals surface area contributed by atoms with Crippen LogP contribution in [0.4, 0.5) is 11.4 Å². The van der Waals surface area contributed by atoms with Crippen LogP contribution in [0.15, 0.2) is 36.4 Å². The number of benzene rings is 2. The molecule has 7 heteroatoms. The molecule has 1 atom stereocenters. The third-order valence-electron chi connectivity index (χ3n) is 3.77. The van der Waals surface area contributed by atoms with Crippen LogP contribution in [0.5, 0.6) is 11.5 Å². The molecule has 0 saturated carbocycles. The van der Waals surface area contributed by atoms with Crippen LogP contribution in [0.25, 0.3) is 0 Å². The molecule has 0 spiro atoms. The average molecular weight is 361 g/mol. The number of anilines is 2. The fourth-order valence-electron chi connectivity index (χ4n) is 2.66. The van der Waals surface area contributed by atoms with E-state index in [4.69, 9.17) is 21.1 Å². The van der Waals surface area contributed by atoms with Crippen LogP contribution in [-0.4, -0.2) is 25.0 Å². The summed E-state index contributed by atoms with van der Waals surface area (Å²) in [6.07, 6.45) is -0.170. The van der Waals surface area contributed by atoms with Gasteiger partial charge in [-0.25, -0.2) is 0 Å². The van der Waals surface area contributed by atoms with Gasteiger partial charge in [-0.3, -0.25) is 9.59 Å². The molecule has 2 N–H and O–H groups in total. The maximum atomic E-state index is 12.5. The second-order valence-electron chi connectivity index (χ2n) is 5.65. The van der Waals surface area contributed by atoms with Crippen molar-refractivity contribution in [3.63, 3.8) is 0 Å². The lowest BCUT2D eigenvalue weighted by atomic mass is 10.1. The lowest BCUT2D eigenvalue weighted by Gasteiger charge is -2.14. The first-order chi connectivity index (χ1) is 12.0. The molecule has 25 heavy (non-hydrogen) atoms. The summed E-state index contributed by atoms with van der Waals surface area (Å²) in [5.74, 6) is 0.671. The van der Waals surface area contributed by atoms with Crippen molar-refractivity contribution in [1.82, 2.24) is 0 Å². The van der Waals surface area contributed by atoms with E-state index in [1.54, 1.807) is 36.4 Å². The highest BCUT2D eigenvalue weighted by Crippen LogP contribution is 2.32. The third kappa shape index (κ3) is 3.85. The highest BCUT2D eigenvalue weighted by atomic mass is 35.5. The van der Waals surface area contributed by atoms with Crippen LogP contribution < -0.4 is 20.1 Å². The van der Waals surface area contributed by atoms with Crippen molar-refractivity contribution in [3.05, 3.63) is 47.0 Å². The molecule has 2 aromatic rings. The van der Waals surface area contributed by atoms with Gasteiger partial charge in [-0.15, -0.1) is 0 Å². The minimum Gasteiger partial charge on any atom is -0.495 e. The zero-order valence-corrected chi connectivity index (χ0v) is 14.5. The second kappa shape index (κ2) is 7.03. The minimum absolute atomic E-state index is 0.228. The number of halogens is 1. The number of hydrogen-bond acceptors (Lipinski definition) is 4. The molecule has 130 valence electrons. The van der Waals surface area contributed by atoms with E-state index >= 15 is 0 Å². The van der Waals surface area contributed by atoms with Crippen molar-refractivity contribution in [2.75, 3.05) is 17.7 Å². The number of carbonyl (C=O) groups is 2. The number of rotatable bonds is 4. The zero-order valence-electron chi connectivity index (χ0n) is 13.8. The van der Waals surface area contributed by atoms with E-state index in [2.05, 4.69) is 10.6 Å². The van der Waals surface area contributed by atoms with E-state index in [1.807, 2.05) is 0 Å². The smallest absolute Gasteiger partial charge is 0.265 e. The van der Waals surface area contributed by atoms with Gasteiger partial charge in [-0.1, -0.05) is 11.6 Å². The molecule has 0 bridgehead atoms. The average Bonchev–Trinajstić information content (AvgIpc) is 2.98. The van der Waals surface area contributed by atoms with E-state index in [0.717, 1.165) is 5.56 Å². The normalized spacial score (nSPS) is 15.1. The molecular formula is C18H17ClN2O4. The van der Waals surface area contributed by atoms with Crippen molar-refractivity contribution in [3.8, 4) is 11.5 Å². The third-order valence-corrected chi connectivity index (χ3v) is 4.00. The monoisotopic (exact) mass is 360 g/mol. The Morgan fingerprint density at radius 1 is 1.20 bits per heavy atom. The number of ether oxygens (including phenoxy) is 2. The summed E-state index contributed by atoms with van der Waals surface area (Å²) in [6.45, 7) is 1.40. The van der Waals surface area contributed by atoms with Crippen LogP contribution >= 0.6 is 11.6 Å². The van der Waals surface area contributed by atoms with E-state index < -0.39 is 6.10 Å². The van der Waals surface area contributed by atoms with E-state index in [9.17, 15) is 9.59 Å². The molecule has 1 aliphatic rings. The number of methoxy groups -OCH3 is 1. The van der Waals surface area contributed by atoms with Crippen LogP contribution in [0.3, 0.4) is 0 Å². The molecule has 0 aliphatic carbocycles. The Morgan fingerprint density at radius 3 is 2.72 bits per heavy atom. The molecule has 2 aromatic carbocycles. The van der Waals surface area contributed by atoms with Crippen LogP contribution in [0, 0.1) is 0 Å². The summed E-state index contributed by atoms with van der Waals surface area (Å²) in [5, 5.41) is 6.07. The summed E-state index contributed by atoms with van der Waals surface area (Å²) in [5.41, 5.74) is 1.92. The zero-order chi connectivity index (χ0) is 18.0. The molecule has 0 fully saturated rings. The van der Waals surface area contributed by atoms with E-state index in [-0.39, 0.29) is 11.8 Å². The first kappa shape index (κ1) is 17.1. The summed E-state index contributed by atoms with van der Waals surface area (Å²) in [4.78, 5) is 23.8. The summed E-state index contributed by atoms with van der Waals surface area (Å²) in [6, 6.07) is 10.3. The summed E-state index contributed by atoms with van der Waals surface area (Å²) < 4.78 is 10.9. The van der Waals surface area contributed by atoms with Gasteiger partial charge in [-0.2, -0.15) is 0 Å². The van der Waals surface area contributed by atoms with Gasteiger partial charge in [-0.05, 0) is 42.0 Å². The van der Waals surface area contributed by atoms with Gasteiger partial charge in [0.2, 0.25) is 5.91 Å². The quantitative estimate of drug-likeness (QED) is 0.877. The first-order valence-corrected chi connectivity index (χ1v) is 8.05. The molecule has 0 radical (unpaired) electrons. The number of fused-ring (bicyclic) bond motifs is 1. The molecule has 0 saturated heterocycles. The summed E-state index contributed by atoms with van der Waals surface area (Å²) >= 11 is 5.97. The van der Waals surface area contributed by atoms with Gasteiger partial charge in [0.1, 0.15) is 11.5 Å². The van der Waals surface area contributed by atoms with Crippen molar-refractivity contribution in [2.24, 2.45) is 0 Å². The van der Waals surface area contributed by atoms with Gasteiger partial charge < -0.3 is 20.1 Å². The van der Waals surface area contributed by atoms with Gasteiger partial charge in [0.15, 0.2) is 6.10 Å². The standard InChI is InChI=1S/C18H17ClN2O4/c1-10(22)20-14-9-13(4-6-16(14)24-2)21-18(23)17-8-11-7-12(19)3-5-15(11)25-17/h3-7,9,17H,8H2,1-2H3,(H,20,22)(H,21,23). The van der Waals surface area contributed by atoms with Crippen LogP contribution in [0.2, 0.25) is 5.02 Å². The number of nitrogens with one attached hydrogen (secondary N) is 2. The van der Waals surface area contributed by atoms with Gasteiger partial charge in [0, 0.05) is 24.1 Å². The minimum atomic E-state index is -0.625. The van der Waals surface area contributed by atoms with Gasteiger partial charge in [0.05, 0.1) is 12.8 Å². The Morgan fingerprint density at radius 2 is 2.00 bits per heavy atom. The maximum absolute atomic E-state index is 12.5. The number of amides is 2. The van der Waals surface area contributed by atoms with Crippen molar-refractivity contribution in [1.29, 1.82) is 0 Å². The van der Waals surface area contributed by atoms with Crippen molar-refractivity contribution < 1.29 is 19.1 Å². The maximum Gasteiger partial charge on any atom is 0.265 e. The molecule has 0 aromatic heterocycles. The first-order valence-electron chi connectivity index (χ1n) is 7.68. The summed E-state index contributed by atoms with van der Waals surface area (Å²) in [7, 11) is 1.51. The Bertz CT molecular complexity index is 838.